The molecule has 2 heterocycles. The first-order valence-corrected chi connectivity index (χ1v) is 21.7. The topological polar surface area (TPSA) is 483 Å². The number of hydrogen-bond acceptors (Lipinski definition) is 24. The summed E-state index contributed by atoms with van der Waals surface area (Å²) in [4.78, 5) is 189. The second-order valence-electron chi connectivity index (χ2n) is 14.4. The van der Waals surface area contributed by atoms with Crippen LogP contribution < -0.4 is 44.0 Å². The molecule has 1 aromatic carbocycles. The molecule has 0 aliphatic rings. The minimum atomic E-state index is -0.951. The maximum atomic E-state index is 13.3. The van der Waals surface area contributed by atoms with Crippen molar-refractivity contribution in [3.8, 4) is 0 Å². The van der Waals surface area contributed by atoms with Crippen LogP contribution in [0.3, 0.4) is 0 Å². The number of carbonyl (C=O) groups excluding carboxylic acids is 16. The van der Waals surface area contributed by atoms with Crippen LogP contribution >= 0.6 is 12.6 Å². The molecule has 4 atom stereocenters. The van der Waals surface area contributed by atoms with E-state index < -0.39 is 41.3 Å². The summed E-state index contributed by atoms with van der Waals surface area (Å²) >= 11 is 4.10. The Kier molecular flexibility index (Phi) is 39.2. The number of aromatic amines is 1. The number of nitrogens with two attached hydrogens (primary N) is 3. The molecule has 3 rings (SSSR count). The molecule has 3 amide bonds. The lowest BCUT2D eigenvalue weighted by Crippen LogP contribution is -2.46. The van der Waals surface area contributed by atoms with Gasteiger partial charge in [0.05, 0.1) is 30.5 Å². The van der Waals surface area contributed by atoms with Crippen LogP contribution in [0.25, 0.3) is 11.2 Å². The molecule has 0 fully saturated rings. The van der Waals surface area contributed by atoms with E-state index in [1.165, 1.54) is 6.20 Å². The second kappa shape index (κ2) is 41.9. The van der Waals surface area contributed by atoms with Gasteiger partial charge in [-0.05, 0) is 62.6 Å². The van der Waals surface area contributed by atoms with E-state index in [-0.39, 0.29) is 130 Å². The van der Waals surface area contributed by atoms with E-state index in [0.717, 1.165) is 0 Å². The van der Waals surface area contributed by atoms with Crippen LogP contribution in [0.5, 0.6) is 0 Å². The summed E-state index contributed by atoms with van der Waals surface area (Å²) in [5, 5.41) is 11.3. The molecule has 0 unspecified atom stereocenters. The third-order valence-electron chi connectivity index (χ3n) is 9.03. The summed E-state index contributed by atoms with van der Waals surface area (Å²) < 4.78 is 0. The minimum Gasteiger partial charge on any atom is -0.379 e. The molecule has 396 valence electrons. The number of Topliss-reactive ketones (excluding diaryl/α,β-unsaturated/α-hetero) is 3. The summed E-state index contributed by atoms with van der Waals surface area (Å²) in [5.41, 5.74) is 17.7. The van der Waals surface area contributed by atoms with E-state index in [2.05, 4.69) is 58.8 Å². The van der Waals surface area contributed by atoms with Crippen molar-refractivity contribution in [2.24, 2.45) is 28.3 Å². The summed E-state index contributed by atoms with van der Waals surface area (Å²) in [7, 11) is 0. The smallest absolute Gasteiger partial charge is 0.373 e. The van der Waals surface area contributed by atoms with Gasteiger partial charge in [0.2, 0.25) is 17.8 Å². The number of fused-ring (bicyclic) bond motifs is 1. The Morgan fingerprint density at radius 1 is 0.753 bits per heavy atom. The van der Waals surface area contributed by atoms with Crippen molar-refractivity contribution >= 4 is 107 Å². The Bertz CT molecular complexity index is 2440. The summed E-state index contributed by atoms with van der Waals surface area (Å²) in [5.74, 6) is -3.10. The van der Waals surface area contributed by atoms with Gasteiger partial charge in [-0.1, -0.05) is 13.8 Å². The van der Waals surface area contributed by atoms with Gasteiger partial charge in [0, 0.05) is 63.3 Å². The zero-order chi connectivity index (χ0) is 56.3. The molecule has 29 nitrogen and oxygen atoms in total. The molecule has 0 aliphatic heterocycles. The Morgan fingerprint density at radius 3 is 1.85 bits per heavy atom. The van der Waals surface area contributed by atoms with E-state index >= 15 is 0 Å². The third kappa shape index (κ3) is 32.4. The van der Waals surface area contributed by atoms with Crippen molar-refractivity contribution in [1.82, 2.24) is 35.9 Å². The lowest BCUT2D eigenvalue weighted by atomic mass is 9.95. The van der Waals surface area contributed by atoms with Crippen molar-refractivity contribution < 1.29 is 78.1 Å². The Hall–Kier alpha value is -9.02. The predicted molar refractivity (Wildman–Crippen MR) is 250 cm³/mol. The van der Waals surface area contributed by atoms with Crippen LogP contribution in [0.1, 0.15) is 89.6 Å². The fourth-order valence-electron chi connectivity index (χ4n) is 5.69. The lowest BCUT2D eigenvalue weighted by Gasteiger charge is -2.22. The fraction of sp³-hybridized carbons (Fsp3) is 0.442. The van der Waals surface area contributed by atoms with Crippen LogP contribution in [-0.2, 0) is 78.5 Å². The molecule has 11 N–H and O–H groups in total. The highest BCUT2D eigenvalue weighted by Crippen LogP contribution is 2.14. The van der Waals surface area contributed by atoms with E-state index in [1.807, 2.05) is 0 Å². The van der Waals surface area contributed by atoms with Crippen molar-refractivity contribution in [3.05, 3.63) is 52.1 Å². The highest BCUT2D eigenvalue weighted by atomic mass is 32.1. The van der Waals surface area contributed by atoms with Crippen LogP contribution in [-0.4, -0.2) is 123 Å². The molecule has 30 heteroatoms. The molecule has 2 aromatic heterocycles. The molecule has 0 bridgehead atoms. The van der Waals surface area contributed by atoms with Gasteiger partial charge in [0.1, 0.15) is 5.78 Å². The normalized spacial score (nSPS) is 10.9. The molecule has 0 radical (unpaired) electrons. The number of anilines is 2. The van der Waals surface area contributed by atoms with Crippen LogP contribution in [0.2, 0.25) is 0 Å². The van der Waals surface area contributed by atoms with Gasteiger partial charge < -0.3 is 38.5 Å². The number of nitrogens with one attached hydrogen (secondary N) is 5. The first-order chi connectivity index (χ1) is 34.6. The number of ketones is 3. The van der Waals surface area contributed by atoms with Gasteiger partial charge in [0.25, 0.3) is 11.5 Å². The number of guanidine groups is 1. The number of hydrogen-bond donors (Lipinski definition) is 9. The van der Waals surface area contributed by atoms with E-state index in [4.69, 9.17) is 65.1 Å². The summed E-state index contributed by atoms with van der Waals surface area (Å²) in [6.45, 7) is 5.45. The third-order valence-corrected chi connectivity index (χ3v) is 9.35. The fourth-order valence-corrected chi connectivity index (χ4v) is 5.85. The largest absolute Gasteiger partial charge is 0.379 e. The minimum absolute atomic E-state index is 0. The average Bonchev–Trinajstić information content (AvgIpc) is 3.33. The number of amides is 3. The zero-order valence-corrected chi connectivity index (χ0v) is 40.5. The Labute approximate surface area is 421 Å². The standard InChI is InChI=1S/C38H54N12O7S.5CO2.H2/c1-21(34(55)48-28(8-5-15-43-37(39)40)30(53)18-22(2)33(54)46-23(3)29(52)9-6-16-58)17-27(51)7-4-14-42-35(56)24-10-12-25(13-11-24)44-19-26-20-45-32-31(47-26)36(57)50-38(41)49-32;5*2-1-3;/h10-13,20-23,28,44,58H,4-9,14-19H2,1-3H3,(H,42,56)(H,46,54)(H,48,55)(H4,39,40,43)(H3,41,45,49,50,57);;;;;;1H/t21-,22-,23+,28+;;;;;;/m1....../s1/i;;;;;;1+1. The van der Waals surface area contributed by atoms with Crippen LogP contribution in [0.4, 0.5) is 11.6 Å². The SMILES string of the molecule is C[C@H](CC(=O)[C@H](CCCN=C(N)N)NC(=O)[C@H](C)CC(=O)CCCNC(=O)c1ccc(NCc2cnc3nc(N)[nH]c(=O)c3n2)cc1)C(=O)N[C@@H](C)C(=O)CCCS.O=C=O.O=C=O.O=C=O.O=C=O.O=C=O.[2HH]. The number of rotatable bonds is 25. The number of nitrogens with zero attached hydrogens (tertiary/aromatic N) is 4. The first-order valence-electron chi connectivity index (χ1n) is 21.1. The zero-order valence-electron chi connectivity index (χ0n) is 39.6. The van der Waals surface area contributed by atoms with Crippen LogP contribution in [0.15, 0.2) is 40.2 Å². The molecular formula is C43H56N12O17S. The maximum absolute atomic E-state index is 13.3. The monoisotopic (exact) mass is 1050 g/mol. The molecule has 3 aromatic rings. The van der Waals surface area contributed by atoms with E-state index in [1.54, 1.807) is 45.0 Å². The van der Waals surface area contributed by atoms with Gasteiger partial charge in [-0.15, -0.1) is 0 Å². The molecule has 0 saturated heterocycles. The van der Waals surface area contributed by atoms with Gasteiger partial charge in [-0.25, -0.2) is 9.97 Å². The number of aromatic nitrogens is 4. The Balaban J connectivity index is -0.00000136. The van der Waals surface area contributed by atoms with Crippen molar-refractivity contribution in [3.63, 3.8) is 0 Å². The summed E-state index contributed by atoms with van der Waals surface area (Å²) in [6.07, 6.45) is 4.38. The van der Waals surface area contributed by atoms with Crippen molar-refractivity contribution in [1.29, 1.82) is 0 Å². The predicted octanol–water partition coefficient (Wildman–Crippen LogP) is -1.74. The van der Waals surface area contributed by atoms with Gasteiger partial charge in [-0.3, -0.25) is 43.5 Å². The molecular weight excluding hydrogens is 989 g/mol. The van der Waals surface area contributed by atoms with E-state index in [0.29, 0.717) is 42.0 Å². The molecule has 0 saturated carbocycles. The molecule has 0 aliphatic carbocycles. The van der Waals surface area contributed by atoms with Gasteiger partial charge in [-0.2, -0.15) is 65.6 Å². The quantitative estimate of drug-likeness (QED) is 0.0197. The lowest BCUT2D eigenvalue weighted by molar-refractivity contribution is -0.193. The maximum Gasteiger partial charge on any atom is 0.373 e. The first kappa shape index (κ1) is 68.2. The number of thiol groups is 1. The van der Waals surface area contributed by atoms with E-state index in [9.17, 15) is 33.6 Å². The number of aliphatic imine (C=N–C) groups is 1. The molecule has 0 spiro atoms. The average molecular weight is 1050 g/mol. The second-order valence-corrected chi connectivity index (χ2v) is 14.9. The highest BCUT2D eigenvalue weighted by Gasteiger charge is 2.28. The summed E-state index contributed by atoms with van der Waals surface area (Å²) in [6, 6.07) is 5.04. The number of benzene rings is 1. The molecule has 73 heavy (non-hydrogen) atoms. The number of nitrogen functional groups attached to an aromatic ring is 1. The van der Waals surface area contributed by atoms with Crippen molar-refractivity contribution in [2.45, 2.75) is 90.8 Å². The Morgan fingerprint density at radius 2 is 1.30 bits per heavy atom. The highest BCUT2D eigenvalue weighted by molar-refractivity contribution is 7.80. The van der Waals surface area contributed by atoms with Crippen LogP contribution in [0, 0.1) is 11.8 Å². The number of carbonyl (C=O) groups is 6. The number of H-pyrrole nitrogens is 1. The van der Waals surface area contributed by atoms with Gasteiger partial charge >= 0.3 is 30.8 Å². The van der Waals surface area contributed by atoms with Gasteiger partial charge in [0.15, 0.2) is 28.7 Å². The van der Waals surface area contributed by atoms with Crippen molar-refractivity contribution in [2.75, 3.05) is 29.9 Å².